The van der Waals surface area contributed by atoms with Crippen LogP contribution in [0.15, 0.2) is 54.6 Å². The van der Waals surface area contributed by atoms with Gasteiger partial charge in [0.2, 0.25) is 65.0 Å². The second-order valence-electron chi connectivity index (χ2n) is 28.8. The predicted molar refractivity (Wildman–Crippen MR) is 384 cm³/mol. The quantitative estimate of drug-likeness (QED) is 0.141. The molecule has 2 aromatic carbocycles. The molecule has 0 radical (unpaired) electrons. The van der Waals surface area contributed by atoms with E-state index in [4.69, 9.17) is 21.1 Å². The summed E-state index contributed by atoms with van der Waals surface area (Å²) in [5.74, 6) is -8.71. The van der Waals surface area contributed by atoms with Gasteiger partial charge in [-0.05, 0) is 119 Å². The fraction of sp³-hybridized carbons (Fsp3) is 0.662. The molecule has 4 heterocycles. The van der Waals surface area contributed by atoms with Crippen LogP contribution in [0.4, 0.5) is 26.3 Å². The van der Waals surface area contributed by atoms with Crippen LogP contribution in [0.1, 0.15) is 135 Å². The predicted octanol–water partition coefficient (Wildman–Crippen LogP) is 5.14. The molecule has 12 atom stereocenters. The van der Waals surface area contributed by atoms with Crippen LogP contribution in [0.5, 0.6) is 0 Å². The van der Waals surface area contributed by atoms with Crippen molar-refractivity contribution in [3.8, 4) is 0 Å². The summed E-state index contributed by atoms with van der Waals surface area (Å²) in [6.07, 6.45) is -12.2. The van der Waals surface area contributed by atoms with E-state index in [0.717, 1.165) is 57.2 Å². The highest BCUT2D eigenvalue weighted by Gasteiger charge is 2.48. The Labute approximate surface area is 627 Å². The SMILES string of the molecule is C=C(CC)[C@@H]1NC(=O)[C@H](CC(C)C)N(C)C(O)C[C@@H](C(=O)N2CCOCC2)N(C)C(=O)[C@H]([C@@H](C)CC)N(C)C(=O)CCCCNC(=O)[C@@H]2C[C@@H](OCC)CN2C(=O)[C@H](CCc2ccc(C(F)(F)F)c(Cl)c2)NC(=O)CN(C)C(=O)[C@H](Cc2ccc(C(F)(F)F)cc2)N(C)C(=O)[C@@H]2CCN2C(=O)[C@H](C)N(C)C1=O. The number of aryl methyl sites for hydroxylation is 1. The van der Waals surface area contributed by atoms with Gasteiger partial charge in [-0.25, -0.2) is 0 Å². The zero-order chi connectivity index (χ0) is 79.9. The van der Waals surface area contributed by atoms with E-state index >= 15 is 9.59 Å². The van der Waals surface area contributed by atoms with Crippen molar-refractivity contribution >= 4 is 76.6 Å². The van der Waals surface area contributed by atoms with Crippen molar-refractivity contribution in [2.24, 2.45) is 11.8 Å². The van der Waals surface area contributed by atoms with Gasteiger partial charge in [0.1, 0.15) is 54.6 Å². The first-order chi connectivity index (χ1) is 50.2. The van der Waals surface area contributed by atoms with Crippen molar-refractivity contribution < 1.29 is 93.7 Å². The molecule has 4 N–H and O–H groups in total. The van der Waals surface area contributed by atoms with Crippen LogP contribution in [0.25, 0.3) is 0 Å². The molecule has 0 bridgehead atoms. The summed E-state index contributed by atoms with van der Waals surface area (Å²) < 4.78 is 94.6. The molecule has 33 heteroatoms. The normalized spacial score (nSPS) is 26.5. The van der Waals surface area contributed by atoms with E-state index < -0.39 is 185 Å². The molecule has 11 amide bonds. The molecule has 2 aromatic rings. The van der Waals surface area contributed by atoms with Gasteiger partial charge in [-0.1, -0.05) is 77.4 Å². The number of amides is 11. The molecule has 0 aromatic heterocycles. The van der Waals surface area contributed by atoms with Crippen molar-refractivity contribution in [1.29, 1.82) is 0 Å². The Morgan fingerprint density at radius 2 is 1.36 bits per heavy atom. The summed E-state index contributed by atoms with van der Waals surface area (Å²) in [5, 5.41) is 20.0. The van der Waals surface area contributed by atoms with E-state index in [-0.39, 0.29) is 133 Å². The molecule has 107 heavy (non-hydrogen) atoms. The molecule has 0 saturated carbocycles. The molecule has 4 fully saturated rings. The molecule has 4 saturated heterocycles. The maximum Gasteiger partial charge on any atom is 0.417 e. The van der Waals surface area contributed by atoms with Crippen LogP contribution < -0.4 is 16.0 Å². The van der Waals surface area contributed by atoms with Crippen molar-refractivity contribution in [2.75, 3.05) is 101 Å². The van der Waals surface area contributed by atoms with E-state index in [1.807, 2.05) is 20.8 Å². The summed E-state index contributed by atoms with van der Waals surface area (Å²) in [6.45, 7) is 16.0. The third-order valence-corrected chi connectivity index (χ3v) is 21.3. The van der Waals surface area contributed by atoms with E-state index in [2.05, 4.69) is 22.5 Å². The number of aliphatic hydroxyl groups is 1. The Morgan fingerprint density at radius 3 is 1.93 bits per heavy atom. The lowest BCUT2D eigenvalue weighted by Crippen LogP contribution is -2.65. The van der Waals surface area contributed by atoms with Crippen LogP contribution in [0, 0.1) is 11.8 Å². The first kappa shape index (κ1) is 88.0. The van der Waals surface area contributed by atoms with Crippen molar-refractivity contribution in [1.82, 2.24) is 60.0 Å². The molecule has 4 aliphatic heterocycles. The smallest absolute Gasteiger partial charge is 0.378 e. The molecule has 0 spiro atoms. The molecule has 4 aliphatic rings. The van der Waals surface area contributed by atoms with Crippen molar-refractivity contribution in [3.05, 3.63) is 81.9 Å². The Balaban J connectivity index is 1.41. The third kappa shape index (κ3) is 22.6. The molecular weight excluding hydrogens is 1430 g/mol. The lowest BCUT2D eigenvalue weighted by atomic mass is 9.94. The summed E-state index contributed by atoms with van der Waals surface area (Å²) in [5.41, 5.74) is -1.54. The minimum Gasteiger partial charge on any atom is -0.378 e. The Bertz CT molecular complexity index is 3490. The minimum atomic E-state index is -4.81. The van der Waals surface area contributed by atoms with Gasteiger partial charge in [0.25, 0.3) is 0 Å². The van der Waals surface area contributed by atoms with Gasteiger partial charge >= 0.3 is 12.4 Å². The fourth-order valence-electron chi connectivity index (χ4n) is 13.8. The third-order valence-electron chi connectivity index (χ3n) is 21.0. The number of hydrogen-bond acceptors (Lipinski definition) is 15. The van der Waals surface area contributed by atoms with Crippen LogP contribution >= 0.6 is 11.6 Å². The van der Waals surface area contributed by atoms with Crippen LogP contribution in [-0.4, -0.2) is 282 Å². The first-order valence-electron chi connectivity index (χ1n) is 36.6. The zero-order valence-electron chi connectivity index (χ0n) is 63.5. The number of halogens is 7. The molecular formula is C74H107ClF6N12O14. The molecule has 6 rings (SSSR count). The van der Waals surface area contributed by atoms with Gasteiger partial charge in [0.05, 0.1) is 48.1 Å². The minimum absolute atomic E-state index is 0.0118. The van der Waals surface area contributed by atoms with Crippen LogP contribution in [0.2, 0.25) is 5.02 Å². The summed E-state index contributed by atoms with van der Waals surface area (Å²) in [4.78, 5) is 173. The summed E-state index contributed by atoms with van der Waals surface area (Å²) in [6, 6.07) is -5.34. The van der Waals surface area contributed by atoms with Gasteiger partial charge in [0.15, 0.2) is 0 Å². The topological polar surface area (TPSA) is 292 Å². The lowest BCUT2D eigenvalue weighted by Gasteiger charge is -2.45. The number of hydrogen-bond donors (Lipinski definition) is 4. The number of likely N-dealkylation sites (N-methyl/N-ethyl adjacent to an activating group) is 6. The number of fused-ring (bicyclic) bond motifs is 2. The van der Waals surface area contributed by atoms with Crippen molar-refractivity contribution in [3.63, 3.8) is 0 Å². The van der Waals surface area contributed by atoms with Crippen molar-refractivity contribution in [2.45, 2.75) is 205 Å². The van der Waals surface area contributed by atoms with E-state index in [0.29, 0.717) is 6.42 Å². The molecule has 1 unspecified atom stereocenters. The van der Waals surface area contributed by atoms with Gasteiger partial charge in [0, 0.05) is 100 Å². The van der Waals surface area contributed by atoms with Gasteiger partial charge < -0.3 is 69.7 Å². The summed E-state index contributed by atoms with van der Waals surface area (Å²) >= 11 is 6.11. The van der Waals surface area contributed by atoms with Crippen LogP contribution in [0.3, 0.4) is 0 Å². The number of nitrogens with zero attached hydrogens (tertiary/aromatic N) is 9. The molecule has 26 nitrogen and oxygen atoms in total. The highest BCUT2D eigenvalue weighted by Crippen LogP contribution is 2.36. The second-order valence-corrected chi connectivity index (χ2v) is 29.2. The number of aliphatic hydroxyl groups excluding tert-OH is 1. The fourth-order valence-corrected chi connectivity index (χ4v) is 14.1. The number of nitrogens with one attached hydrogen (secondary N) is 3. The van der Waals surface area contributed by atoms with Gasteiger partial charge in [-0.15, -0.1) is 0 Å². The zero-order valence-corrected chi connectivity index (χ0v) is 64.3. The standard InChI is InChI=1S/C74H107ClF6N12O14/c1-15-44(6)62-71(104)86(10)46(8)66(99)92-31-29-54(92)69(102)88(12)57(38-48-21-25-49(26-22-48)73(76,77)78)68(101)85(9)42-59(94)83-53(28-24-47-23-27-51(52(75)37-47)74(79,80)81)67(100)93-41-50(107-17-3)39-56(93)64(97)82-30-19-18-20-60(95)90(14)63(45(7)16-2)72(105)89(13)58(70(103)91-32-34-106-35-33-91)40-61(96)87(11)55(36-43(4)5)65(98)84-62/h21-23,25-27,37,43,45-46,50,53-58,61-63,96H,6,15-20,24,28-36,38-42H2,1-5,7-14H3,(H,82,97)(H,83,94)(H,84,98)/t45-,46-,50+,53-,54-,55-,56-,57-,58-,61?,62-,63-/m0/s1. The van der Waals surface area contributed by atoms with E-state index in [1.54, 1.807) is 20.8 Å². The average molecular weight is 1540 g/mol. The highest BCUT2D eigenvalue weighted by molar-refractivity contribution is 6.31. The second kappa shape index (κ2) is 38.9. The molecule has 0 aliphatic carbocycles. The van der Waals surface area contributed by atoms with Gasteiger partial charge in [-0.3, -0.25) is 57.6 Å². The number of carbonyl (C=O) groups excluding carboxylic acids is 11. The monoisotopic (exact) mass is 1540 g/mol. The number of carbonyl (C=O) groups is 11. The number of ether oxygens (including phenoxy) is 2. The highest BCUT2D eigenvalue weighted by atomic mass is 35.5. The maximum absolute atomic E-state index is 15.1. The van der Waals surface area contributed by atoms with Crippen LogP contribution in [-0.2, 0) is 87.4 Å². The largest absolute Gasteiger partial charge is 0.417 e. The lowest BCUT2D eigenvalue weighted by molar-refractivity contribution is -0.159. The summed E-state index contributed by atoms with van der Waals surface area (Å²) in [7, 11) is 8.10. The van der Waals surface area contributed by atoms with E-state index in [1.165, 1.54) is 78.6 Å². The Hall–Kier alpha value is -7.94. The van der Waals surface area contributed by atoms with E-state index in [9.17, 15) is 74.6 Å². The maximum atomic E-state index is 15.1. The number of rotatable bonds is 14. The first-order valence-corrected chi connectivity index (χ1v) is 36.9. The number of morpholine rings is 1. The number of alkyl halides is 6. The average Bonchev–Trinajstić information content (AvgIpc) is 1.05. The van der Waals surface area contributed by atoms with Gasteiger partial charge in [-0.2, -0.15) is 26.3 Å². The Morgan fingerprint density at radius 1 is 0.720 bits per heavy atom. The Kier molecular flexibility index (Phi) is 32.0. The number of benzene rings is 2. The molecule has 596 valence electrons.